The van der Waals surface area contributed by atoms with E-state index in [9.17, 15) is 18.4 Å². The van der Waals surface area contributed by atoms with E-state index < -0.39 is 11.6 Å². The van der Waals surface area contributed by atoms with Crippen LogP contribution in [0.5, 0.6) is 0 Å². The third-order valence-corrected chi connectivity index (χ3v) is 5.44. The summed E-state index contributed by atoms with van der Waals surface area (Å²) < 4.78 is 27.6. The van der Waals surface area contributed by atoms with E-state index in [1.54, 1.807) is 0 Å². The summed E-state index contributed by atoms with van der Waals surface area (Å²) in [5.74, 6) is -1.82. The van der Waals surface area contributed by atoms with E-state index in [1.807, 2.05) is 16.7 Å². The number of benzene rings is 2. The van der Waals surface area contributed by atoms with E-state index in [0.717, 1.165) is 0 Å². The van der Waals surface area contributed by atoms with Gasteiger partial charge in [0.1, 0.15) is 11.6 Å². The third-order valence-electron chi connectivity index (χ3n) is 4.97. The first-order valence-corrected chi connectivity index (χ1v) is 10.4. The lowest BCUT2D eigenvalue weighted by Gasteiger charge is -2.39. The zero-order valence-corrected chi connectivity index (χ0v) is 18.3. The van der Waals surface area contributed by atoms with Gasteiger partial charge in [-0.15, -0.1) is 0 Å². The Morgan fingerprint density at radius 1 is 0.935 bits per heavy atom. The topological polar surface area (TPSA) is 64.7 Å². The van der Waals surface area contributed by atoms with E-state index in [-0.39, 0.29) is 42.3 Å². The predicted molar refractivity (Wildman–Crippen MR) is 118 cm³/mol. The molecule has 31 heavy (non-hydrogen) atoms. The van der Waals surface area contributed by atoms with Gasteiger partial charge in [0.2, 0.25) is 11.8 Å². The lowest BCUT2D eigenvalue weighted by Crippen LogP contribution is -2.55. The van der Waals surface area contributed by atoms with Crippen LogP contribution in [0.25, 0.3) is 0 Å². The average Bonchev–Trinajstić information content (AvgIpc) is 2.69. The van der Waals surface area contributed by atoms with Gasteiger partial charge in [-0.1, -0.05) is 23.2 Å². The molecule has 6 nitrogen and oxygen atoms in total. The minimum absolute atomic E-state index is 0.0144. The second-order valence-electron chi connectivity index (χ2n) is 7.40. The number of hydrogen-bond donors (Lipinski definition) is 2. The van der Waals surface area contributed by atoms with Crippen LogP contribution in [0.4, 0.5) is 20.2 Å². The standard InChI is InChI=1S/C21H22Cl2F2N4O2/c1-13-10-28(11-20(30)26-18-8-14(22)2-4-16(18)24)6-7-29(13)12-21(31)27-19-9-15(23)3-5-17(19)25/h2-5,8-9,13H,6-7,10-12H2,1H3,(H,26,30)(H,27,31). The van der Waals surface area contributed by atoms with Gasteiger partial charge in [-0.05, 0) is 43.3 Å². The van der Waals surface area contributed by atoms with Crippen LogP contribution in [-0.2, 0) is 9.59 Å². The summed E-state index contributed by atoms with van der Waals surface area (Å²) in [7, 11) is 0. The SMILES string of the molecule is CC1CN(CC(=O)Nc2cc(Cl)ccc2F)CCN1CC(=O)Nc1cc(Cl)ccc1F. The molecule has 0 bridgehead atoms. The number of nitrogens with one attached hydrogen (secondary N) is 2. The number of halogens is 4. The van der Waals surface area contributed by atoms with Crippen LogP contribution in [0.15, 0.2) is 36.4 Å². The molecule has 0 saturated carbocycles. The van der Waals surface area contributed by atoms with Crippen LogP contribution in [0.1, 0.15) is 6.92 Å². The van der Waals surface area contributed by atoms with Crippen molar-refractivity contribution in [2.45, 2.75) is 13.0 Å². The summed E-state index contributed by atoms with van der Waals surface area (Å²) in [5.41, 5.74) is 0.0720. The zero-order valence-electron chi connectivity index (χ0n) is 16.8. The van der Waals surface area contributed by atoms with E-state index in [4.69, 9.17) is 23.2 Å². The summed E-state index contributed by atoms with van der Waals surface area (Å²) in [6, 6.07) is 7.90. The molecule has 2 N–H and O–H groups in total. The molecule has 1 heterocycles. The first-order chi connectivity index (χ1) is 14.7. The van der Waals surface area contributed by atoms with Gasteiger partial charge in [0.25, 0.3) is 0 Å². The Labute approximate surface area is 189 Å². The van der Waals surface area contributed by atoms with Gasteiger partial charge in [-0.3, -0.25) is 19.4 Å². The molecule has 10 heteroatoms. The Hall–Kier alpha value is -2.26. The molecule has 166 valence electrons. The Bertz CT molecular complexity index is 976. The molecule has 3 rings (SSSR count). The van der Waals surface area contributed by atoms with Crippen molar-refractivity contribution in [3.63, 3.8) is 0 Å². The highest BCUT2D eigenvalue weighted by molar-refractivity contribution is 6.31. The van der Waals surface area contributed by atoms with Crippen molar-refractivity contribution in [1.29, 1.82) is 0 Å². The molecule has 0 spiro atoms. The van der Waals surface area contributed by atoms with E-state index in [0.29, 0.717) is 29.7 Å². The van der Waals surface area contributed by atoms with Gasteiger partial charge < -0.3 is 10.6 Å². The molecular formula is C21H22Cl2F2N4O2. The summed E-state index contributed by atoms with van der Waals surface area (Å²) >= 11 is 11.7. The first-order valence-electron chi connectivity index (χ1n) is 9.67. The van der Waals surface area contributed by atoms with Crippen LogP contribution >= 0.6 is 23.2 Å². The van der Waals surface area contributed by atoms with Crippen molar-refractivity contribution in [2.24, 2.45) is 0 Å². The summed E-state index contributed by atoms with van der Waals surface area (Å²) in [5, 5.41) is 5.72. The van der Waals surface area contributed by atoms with Crippen molar-refractivity contribution < 1.29 is 18.4 Å². The fourth-order valence-corrected chi connectivity index (χ4v) is 3.75. The molecule has 1 unspecified atom stereocenters. The molecular weight excluding hydrogens is 449 g/mol. The summed E-state index contributed by atoms with van der Waals surface area (Å²) in [6.07, 6.45) is 0. The van der Waals surface area contributed by atoms with E-state index >= 15 is 0 Å². The average molecular weight is 471 g/mol. The second-order valence-corrected chi connectivity index (χ2v) is 8.27. The monoisotopic (exact) mass is 470 g/mol. The third kappa shape index (κ3) is 6.61. The number of carbonyl (C=O) groups is 2. The van der Waals surface area contributed by atoms with Crippen molar-refractivity contribution >= 4 is 46.4 Å². The minimum Gasteiger partial charge on any atom is -0.322 e. The maximum atomic E-state index is 13.8. The minimum atomic E-state index is -0.558. The molecule has 2 aromatic carbocycles. The molecule has 2 aromatic rings. The van der Waals surface area contributed by atoms with Gasteiger partial charge in [0, 0.05) is 35.7 Å². The van der Waals surface area contributed by atoms with E-state index in [1.165, 1.54) is 36.4 Å². The fourth-order valence-electron chi connectivity index (χ4n) is 3.40. The number of piperazine rings is 1. The number of anilines is 2. The zero-order chi connectivity index (χ0) is 22.5. The smallest absolute Gasteiger partial charge is 0.238 e. The lowest BCUT2D eigenvalue weighted by atomic mass is 10.2. The number of nitrogens with zero attached hydrogens (tertiary/aromatic N) is 2. The Morgan fingerprint density at radius 3 is 1.97 bits per heavy atom. The quantitative estimate of drug-likeness (QED) is 0.672. The molecule has 0 radical (unpaired) electrons. The second kappa shape index (κ2) is 10.4. The molecule has 1 atom stereocenters. The van der Waals surface area contributed by atoms with Crippen LogP contribution in [0, 0.1) is 11.6 Å². The number of carbonyl (C=O) groups excluding carboxylic acids is 2. The van der Waals surface area contributed by atoms with Crippen molar-refractivity contribution in [1.82, 2.24) is 9.80 Å². The molecule has 1 aliphatic rings. The van der Waals surface area contributed by atoms with Gasteiger partial charge >= 0.3 is 0 Å². The van der Waals surface area contributed by atoms with Crippen LogP contribution in [0.2, 0.25) is 10.0 Å². The molecule has 0 aliphatic carbocycles. The van der Waals surface area contributed by atoms with Gasteiger partial charge in [-0.25, -0.2) is 8.78 Å². The largest absolute Gasteiger partial charge is 0.322 e. The van der Waals surface area contributed by atoms with Crippen molar-refractivity contribution in [3.8, 4) is 0 Å². The number of amides is 2. The molecule has 1 saturated heterocycles. The molecule has 2 amide bonds. The highest BCUT2D eigenvalue weighted by Gasteiger charge is 2.26. The summed E-state index contributed by atoms with van der Waals surface area (Å²) in [4.78, 5) is 28.5. The Morgan fingerprint density at radius 2 is 1.45 bits per heavy atom. The predicted octanol–water partition coefficient (Wildman–Crippen LogP) is 3.85. The maximum Gasteiger partial charge on any atom is 0.238 e. The van der Waals surface area contributed by atoms with Gasteiger partial charge in [-0.2, -0.15) is 0 Å². The molecule has 1 aliphatic heterocycles. The van der Waals surface area contributed by atoms with Gasteiger partial charge in [0.05, 0.1) is 24.5 Å². The Kier molecular flexibility index (Phi) is 7.83. The lowest BCUT2D eigenvalue weighted by molar-refractivity contribution is -0.120. The van der Waals surface area contributed by atoms with Crippen LogP contribution in [0.3, 0.4) is 0 Å². The van der Waals surface area contributed by atoms with Gasteiger partial charge in [0.15, 0.2) is 0 Å². The van der Waals surface area contributed by atoms with E-state index in [2.05, 4.69) is 10.6 Å². The first kappa shape index (κ1) is 23.4. The molecule has 1 fully saturated rings. The number of rotatable bonds is 6. The number of hydrogen-bond acceptors (Lipinski definition) is 4. The van der Waals surface area contributed by atoms with Crippen molar-refractivity contribution in [2.75, 3.05) is 43.4 Å². The normalized spacial score (nSPS) is 17.4. The summed E-state index contributed by atoms with van der Waals surface area (Å²) in [6.45, 7) is 3.75. The van der Waals surface area contributed by atoms with Crippen LogP contribution < -0.4 is 10.6 Å². The molecule has 0 aromatic heterocycles. The maximum absolute atomic E-state index is 13.8. The highest BCUT2D eigenvalue weighted by atomic mass is 35.5. The van der Waals surface area contributed by atoms with Crippen molar-refractivity contribution in [3.05, 3.63) is 58.1 Å². The van der Waals surface area contributed by atoms with Crippen LogP contribution in [-0.4, -0.2) is 60.4 Å². The fraction of sp³-hybridized carbons (Fsp3) is 0.333. The Balaban J connectivity index is 1.48. The highest BCUT2D eigenvalue weighted by Crippen LogP contribution is 2.21.